The number of ether oxygens (including phenoxy) is 1. The molecule has 168 valence electrons. The Morgan fingerprint density at radius 1 is 1.29 bits per heavy atom. The molecule has 31 heavy (non-hydrogen) atoms. The van der Waals surface area contributed by atoms with Crippen molar-refractivity contribution in [1.82, 2.24) is 15.1 Å². The molecule has 1 atom stereocenters. The second-order valence-corrected chi connectivity index (χ2v) is 7.93. The van der Waals surface area contributed by atoms with Crippen molar-refractivity contribution in [3.05, 3.63) is 65.0 Å². The summed E-state index contributed by atoms with van der Waals surface area (Å²) < 4.78 is 19.0. The second kappa shape index (κ2) is 11.1. The van der Waals surface area contributed by atoms with E-state index in [1.54, 1.807) is 6.07 Å². The number of benzene rings is 2. The van der Waals surface area contributed by atoms with E-state index in [9.17, 15) is 9.50 Å². The molecular formula is C24H33FN4O2. The van der Waals surface area contributed by atoms with E-state index in [2.05, 4.69) is 39.5 Å². The normalized spacial score (nSPS) is 15.3. The van der Waals surface area contributed by atoms with Gasteiger partial charge in [-0.15, -0.1) is 0 Å². The fraction of sp³-hybridized carbons (Fsp3) is 0.458. The van der Waals surface area contributed by atoms with Crippen molar-refractivity contribution in [2.24, 2.45) is 4.99 Å². The molecule has 0 saturated heterocycles. The largest absolute Gasteiger partial charge is 0.494 e. The Labute approximate surface area is 184 Å². The highest BCUT2D eigenvalue weighted by Gasteiger charge is 2.18. The summed E-state index contributed by atoms with van der Waals surface area (Å²) in [6, 6.07) is 13.4. The first kappa shape index (κ1) is 23.0. The summed E-state index contributed by atoms with van der Waals surface area (Å²) in [4.78, 5) is 8.81. The van der Waals surface area contributed by atoms with Gasteiger partial charge in [-0.1, -0.05) is 30.3 Å². The number of aliphatic hydroxyl groups excluding tert-OH is 1. The van der Waals surface area contributed by atoms with Crippen LogP contribution in [0.2, 0.25) is 0 Å². The molecule has 2 N–H and O–H groups in total. The first-order valence-corrected chi connectivity index (χ1v) is 10.8. The Morgan fingerprint density at radius 3 is 2.77 bits per heavy atom. The van der Waals surface area contributed by atoms with Gasteiger partial charge in [-0.3, -0.25) is 9.89 Å². The molecule has 0 amide bonds. The Balaban J connectivity index is 1.56. The number of fused-ring (bicyclic) bond motifs is 1. The highest BCUT2D eigenvalue weighted by atomic mass is 19.1. The summed E-state index contributed by atoms with van der Waals surface area (Å²) in [5.74, 6) is 0.533. The Kier molecular flexibility index (Phi) is 8.26. The highest BCUT2D eigenvalue weighted by molar-refractivity contribution is 5.79. The average Bonchev–Trinajstić information content (AvgIpc) is 2.76. The Hall–Kier alpha value is -2.64. The molecule has 0 fully saturated rings. The molecule has 1 unspecified atom stereocenters. The van der Waals surface area contributed by atoms with Crippen molar-refractivity contribution in [2.45, 2.75) is 32.5 Å². The van der Waals surface area contributed by atoms with Crippen LogP contribution in [0.3, 0.4) is 0 Å². The van der Waals surface area contributed by atoms with Crippen molar-refractivity contribution in [3.63, 3.8) is 0 Å². The van der Waals surface area contributed by atoms with Crippen LogP contribution in [0.15, 0.2) is 47.5 Å². The lowest BCUT2D eigenvalue weighted by Crippen LogP contribution is -2.41. The third-order valence-electron chi connectivity index (χ3n) is 5.46. The standard InChI is InChI=1S/C24H33FN4O2/c1-4-26-24(28(2)15-18-9-10-23(31-3)22(25)13-18)27-14-21(30)17-29-12-11-19-7-5-6-8-20(19)16-29/h5-10,13,21,30H,4,11-12,14-17H2,1-3H3,(H,26,27). The molecule has 6 nitrogen and oxygen atoms in total. The summed E-state index contributed by atoms with van der Waals surface area (Å²) >= 11 is 0. The summed E-state index contributed by atoms with van der Waals surface area (Å²) in [5.41, 5.74) is 3.56. The van der Waals surface area contributed by atoms with Gasteiger partial charge in [0.25, 0.3) is 0 Å². The fourth-order valence-electron chi connectivity index (χ4n) is 3.88. The van der Waals surface area contributed by atoms with Gasteiger partial charge >= 0.3 is 0 Å². The van der Waals surface area contributed by atoms with Crippen LogP contribution >= 0.6 is 0 Å². The van der Waals surface area contributed by atoms with Crippen LogP contribution in [-0.4, -0.2) is 67.3 Å². The number of halogens is 1. The molecule has 2 aromatic carbocycles. The predicted octanol–water partition coefficient (Wildman–Crippen LogP) is 2.65. The number of methoxy groups -OCH3 is 1. The molecule has 0 aromatic heterocycles. The van der Waals surface area contributed by atoms with E-state index in [1.807, 2.05) is 24.9 Å². The predicted molar refractivity (Wildman–Crippen MR) is 122 cm³/mol. The second-order valence-electron chi connectivity index (χ2n) is 7.93. The van der Waals surface area contributed by atoms with Crippen LogP contribution in [0.1, 0.15) is 23.6 Å². The van der Waals surface area contributed by atoms with E-state index in [1.165, 1.54) is 24.3 Å². The van der Waals surface area contributed by atoms with Gasteiger partial charge in [0, 0.05) is 39.8 Å². The molecule has 1 aliphatic rings. The number of rotatable bonds is 8. The first-order valence-electron chi connectivity index (χ1n) is 10.8. The maximum absolute atomic E-state index is 14.0. The Bertz CT molecular complexity index is 890. The van der Waals surface area contributed by atoms with Crippen LogP contribution in [0, 0.1) is 5.82 Å². The molecule has 0 spiro atoms. The van der Waals surface area contributed by atoms with Crippen LogP contribution in [0.5, 0.6) is 5.75 Å². The zero-order valence-corrected chi connectivity index (χ0v) is 18.6. The van der Waals surface area contributed by atoms with Crippen molar-refractivity contribution >= 4 is 5.96 Å². The number of hydrogen-bond donors (Lipinski definition) is 2. The quantitative estimate of drug-likeness (QED) is 0.500. The smallest absolute Gasteiger partial charge is 0.194 e. The number of aliphatic hydroxyl groups is 1. The topological polar surface area (TPSA) is 60.3 Å². The number of nitrogens with zero attached hydrogens (tertiary/aromatic N) is 3. The van der Waals surface area contributed by atoms with Crippen molar-refractivity contribution in [3.8, 4) is 5.75 Å². The molecule has 1 aliphatic heterocycles. The average molecular weight is 429 g/mol. The third kappa shape index (κ3) is 6.42. The van der Waals surface area contributed by atoms with Crippen LogP contribution in [0.25, 0.3) is 0 Å². The van der Waals surface area contributed by atoms with Gasteiger partial charge in [-0.05, 0) is 42.2 Å². The van der Waals surface area contributed by atoms with Crippen LogP contribution in [0.4, 0.5) is 4.39 Å². The van der Waals surface area contributed by atoms with Gasteiger partial charge in [0.1, 0.15) is 0 Å². The van der Waals surface area contributed by atoms with E-state index >= 15 is 0 Å². The van der Waals surface area contributed by atoms with Gasteiger partial charge in [0.2, 0.25) is 0 Å². The SMILES string of the molecule is CCNC(=NCC(O)CN1CCc2ccccc2C1)N(C)Cc1ccc(OC)c(F)c1. The minimum Gasteiger partial charge on any atom is -0.494 e. The monoisotopic (exact) mass is 428 g/mol. The van der Waals surface area contributed by atoms with Gasteiger partial charge in [-0.2, -0.15) is 0 Å². The number of β-amino-alcohol motifs (C(OH)–C–C–N with tert-alkyl or cyclic N) is 1. The highest BCUT2D eigenvalue weighted by Crippen LogP contribution is 2.19. The number of hydrogen-bond acceptors (Lipinski definition) is 4. The van der Waals surface area contributed by atoms with Crippen LogP contribution in [-0.2, 0) is 19.5 Å². The van der Waals surface area contributed by atoms with E-state index < -0.39 is 6.10 Å². The lowest BCUT2D eigenvalue weighted by molar-refractivity contribution is 0.111. The lowest BCUT2D eigenvalue weighted by atomic mass is 10.00. The summed E-state index contributed by atoms with van der Waals surface area (Å²) in [6.45, 7) is 5.90. The minimum absolute atomic E-state index is 0.232. The zero-order valence-electron chi connectivity index (χ0n) is 18.6. The first-order chi connectivity index (χ1) is 15.0. The molecule has 0 bridgehead atoms. The number of aliphatic imine (C=N–C) groups is 1. The van der Waals surface area contributed by atoms with E-state index in [0.717, 1.165) is 25.1 Å². The molecular weight excluding hydrogens is 395 g/mol. The van der Waals surface area contributed by atoms with Gasteiger partial charge in [-0.25, -0.2) is 4.39 Å². The lowest BCUT2D eigenvalue weighted by Gasteiger charge is -2.30. The van der Waals surface area contributed by atoms with Gasteiger partial charge < -0.3 is 20.1 Å². The van der Waals surface area contributed by atoms with Gasteiger partial charge in [0.15, 0.2) is 17.5 Å². The van der Waals surface area contributed by atoms with E-state index in [-0.39, 0.29) is 11.6 Å². The van der Waals surface area contributed by atoms with Crippen molar-refractivity contribution in [1.29, 1.82) is 0 Å². The third-order valence-corrected chi connectivity index (χ3v) is 5.46. The minimum atomic E-state index is -0.550. The Morgan fingerprint density at radius 2 is 2.06 bits per heavy atom. The molecule has 7 heteroatoms. The summed E-state index contributed by atoms with van der Waals surface area (Å²) in [6.07, 6.45) is 0.460. The maximum atomic E-state index is 14.0. The molecule has 2 aromatic rings. The molecule has 3 rings (SSSR count). The number of nitrogens with one attached hydrogen (secondary N) is 1. The van der Waals surface area contributed by atoms with Crippen LogP contribution < -0.4 is 10.1 Å². The van der Waals surface area contributed by atoms with Crippen molar-refractivity contribution < 1.29 is 14.2 Å². The molecule has 0 aliphatic carbocycles. The van der Waals surface area contributed by atoms with E-state index in [4.69, 9.17) is 4.74 Å². The van der Waals surface area contributed by atoms with Gasteiger partial charge in [0.05, 0.1) is 19.8 Å². The molecule has 0 radical (unpaired) electrons. The van der Waals surface area contributed by atoms with Crippen molar-refractivity contribution in [2.75, 3.05) is 40.3 Å². The number of guanidine groups is 1. The molecule has 0 saturated carbocycles. The zero-order chi connectivity index (χ0) is 22.2. The fourth-order valence-corrected chi connectivity index (χ4v) is 3.88. The maximum Gasteiger partial charge on any atom is 0.194 e. The summed E-state index contributed by atoms with van der Waals surface area (Å²) in [7, 11) is 3.35. The summed E-state index contributed by atoms with van der Waals surface area (Å²) in [5, 5.41) is 13.8. The molecule has 1 heterocycles. The van der Waals surface area contributed by atoms with E-state index in [0.29, 0.717) is 32.1 Å².